The van der Waals surface area contributed by atoms with Gasteiger partial charge in [0.1, 0.15) is 0 Å². The third kappa shape index (κ3) is 3.26. The van der Waals surface area contributed by atoms with E-state index in [0.29, 0.717) is 31.6 Å². The summed E-state index contributed by atoms with van der Waals surface area (Å²) in [5.41, 5.74) is 2.56. The summed E-state index contributed by atoms with van der Waals surface area (Å²) in [5.74, 6) is 0.00931. The van der Waals surface area contributed by atoms with E-state index in [1.165, 1.54) is 0 Å². The zero-order valence-electron chi connectivity index (χ0n) is 12.0. The van der Waals surface area contributed by atoms with E-state index in [1.54, 1.807) is 4.90 Å². The van der Waals surface area contributed by atoms with Gasteiger partial charge in [-0.1, -0.05) is 23.8 Å². The molecule has 1 aliphatic heterocycles. The lowest BCUT2D eigenvalue weighted by atomic mass is 10.1. The van der Waals surface area contributed by atoms with Gasteiger partial charge in [0.25, 0.3) is 5.91 Å². The molecule has 0 radical (unpaired) electrons. The molecule has 2 rings (SSSR count). The van der Waals surface area contributed by atoms with Crippen molar-refractivity contribution in [3.8, 4) is 0 Å². The number of amides is 2. The van der Waals surface area contributed by atoms with Gasteiger partial charge in [0, 0.05) is 30.8 Å². The molecule has 4 heteroatoms. The standard InChI is InChI=1S/C16H20N2O2/c1-3-17-15(19)13-7-9-18(10-8-13)16(20)14-6-4-5-12(2)11-14/h4-7,11H,3,8-10H2,1-2H3,(H,17,19). The van der Waals surface area contributed by atoms with Gasteiger partial charge in [0.05, 0.1) is 0 Å². The molecule has 0 aliphatic carbocycles. The third-order valence-corrected chi connectivity index (χ3v) is 3.39. The minimum Gasteiger partial charge on any atom is -0.353 e. The van der Waals surface area contributed by atoms with Gasteiger partial charge in [-0.2, -0.15) is 0 Å². The first kappa shape index (κ1) is 14.3. The van der Waals surface area contributed by atoms with Gasteiger partial charge in [0.15, 0.2) is 0 Å². The lowest BCUT2D eigenvalue weighted by Crippen LogP contribution is -2.37. The Balaban J connectivity index is 2.03. The monoisotopic (exact) mass is 272 g/mol. The third-order valence-electron chi connectivity index (χ3n) is 3.39. The van der Waals surface area contributed by atoms with Crippen molar-refractivity contribution in [1.29, 1.82) is 0 Å². The van der Waals surface area contributed by atoms with Crippen LogP contribution in [0.4, 0.5) is 0 Å². The highest BCUT2D eigenvalue weighted by Gasteiger charge is 2.21. The predicted molar refractivity (Wildman–Crippen MR) is 78.5 cm³/mol. The molecule has 0 saturated heterocycles. The maximum Gasteiger partial charge on any atom is 0.254 e. The average Bonchev–Trinajstić information content (AvgIpc) is 2.47. The van der Waals surface area contributed by atoms with Crippen LogP contribution in [0.2, 0.25) is 0 Å². The Morgan fingerprint density at radius 1 is 1.35 bits per heavy atom. The first-order valence-corrected chi connectivity index (χ1v) is 6.95. The number of nitrogens with zero attached hydrogens (tertiary/aromatic N) is 1. The molecule has 1 aromatic rings. The number of benzene rings is 1. The number of carbonyl (C=O) groups excluding carboxylic acids is 2. The van der Waals surface area contributed by atoms with Gasteiger partial charge in [-0.05, 0) is 32.4 Å². The molecular weight excluding hydrogens is 252 g/mol. The van der Waals surface area contributed by atoms with Crippen LogP contribution in [0.5, 0.6) is 0 Å². The Kier molecular flexibility index (Phi) is 4.56. The minimum absolute atomic E-state index is 0.0184. The molecule has 4 nitrogen and oxygen atoms in total. The van der Waals surface area contributed by atoms with Crippen LogP contribution in [0.15, 0.2) is 35.9 Å². The molecular formula is C16H20N2O2. The molecule has 1 N–H and O–H groups in total. The van der Waals surface area contributed by atoms with Crippen LogP contribution in [0.1, 0.15) is 29.3 Å². The summed E-state index contributed by atoms with van der Waals surface area (Å²) in [4.78, 5) is 25.8. The molecule has 0 fully saturated rings. The van der Waals surface area contributed by atoms with Gasteiger partial charge in [0.2, 0.25) is 5.91 Å². The smallest absolute Gasteiger partial charge is 0.254 e. The Hall–Kier alpha value is -2.10. The molecule has 106 valence electrons. The normalized spacial score (nSPS) is 14.7. The van der Waals surface area contributed by atoms with Crippen molar-refractivity contribution in [2.24, 2.45) is 0 Å². The van der Waals surface area contributed by atoms with E-state index in [0.717, 1.165) is 11.1 Å². The van der Waals surface area contributed by atoms with Gasteiger partial charge < -0.3 is 10.2 Å². The summed E-state index contributed by atoms with van der Waals surface area (Å²) in [6, 6.07) is 7.59. The lowest BCUT2D eigenvalue weighted by molar-refractivity contribution is -0.117. The number of rotatable bonds is 3. The largest absolute Gasteiger partial charge is 0.353 e. The lowest BCUT2D eigenvalue weighted by Gasteiger charge is -2.26. The van der Waals surface area contributed by atoms with Crippen LogP contribution in [-0.2, 0) is 4.79 Å². The Bertz CT molecular complexity index is 549. The summed E-state index contributed by atoms with van der Waals surface area (Å²) >= 11 is 0. The first-order chi connectivity index (χ1) is 9.61. The van der Waals surface area contributed by atoms with Crippen molar-refractivity contribution in [2.45, 2.75) is 20.3 Å². The van der Waals surface area contributed by atoms with Gasteiger partial charge in [-0.3, -0.25) is 9.59 Å². The molecule has 1 aliphatic rings. The van der Waals surface area contributed by atoms with E-state index in [4.69, 9.17) is 0 Å². The number of likely N-dealkylation sites (N-methyl/N-ethyl adjacent to an activating group) is 1. The second-order valence-corrected chi connectivity index (χ2v) is 4.96. The zero-order chi connectivity index (χ0) is 14.5. The van der Waals surface area contributed by atoms with Crippen LogP contribution in [0.25, 0.3) is 0 Å². The SMILES string of the molecule is CCNC(=O)C1=CCN(C(=O)c2cccc(C)c2)CC1. The van der Waals surface area contributed by atoms with Gasteiger partial charge in [-0.25, -0.2) is 0 Å². The Labute approximate surface area is 119 Å². The van der Waals surface area contributed by atoms with E-state index in [-0.39, 0.29) is 11.8 Å². The van der Waals surface area contributed by atoms with E-state index in [2.05, 4.69) is 5.32 Å². The van der Waals surface area contributed by atoms with E-state index in [1.807, 2.05) is 44.2 Å². The van der Waals surface area contributed by atoms with E-state index in [9.17, 15) is 9.59 Å². The molecule has 0 aromatic heterocycles. The topological polar surface area (TPSA) is 49.4 Å². The number of carbonyl (C=O) groups is 2. The van der Waals surface area contributed by atoms with Crippen molar-refractivity contribution >= 4 is 11.8 Å². The molecule has 20 heavy (non-hydrogen) atoms. The van der Waals surface area contributed by atoms with Crippen molar-refractivity contribution in [1.82, 2.24) is 10.2 Å². The predicted octanol–water partition coefficient (Wildman–Crippen LogP) is 1.90. The summed E-state index contributed by atoms with van der Waals surface area (Å²) in [6.45, 7) is 5.59. The fourth-order valence-electron chi connectivity index (χ4n) is 2.29. The molecule has 1 aromatic carbocycles. The second-order valence-electron chi connectivity index (χ2n) is 4.96. The summed E-state index contributed by atoms with van der Waals surface area (Å²) in [7, 11) is 0. The van der Waals surface area contributed by atoms with E-state index < -0.39 is 0 Å². The fraction of sp³-hybridized carbons (Fsp3) is 0.375. The van der Waals surface area contributed by atoms with Crippen LogP contribution < -0.4 is 5.32 Å². The molecule has 0 spiro atoms. The van der Waals surface area contributed by atoms with Crippen molar-refractivity contribution in [2.75, 3.05) is 19.6 Å². The molecule has 2 amide bonds. The highest BCUT2D eigenvalue weighted by Crippen LogP contribution is 2.15. The number of aryl methyl sites for hydroxylation is 1. The first-order valence-electron chi connectivity index (χ1n) is 6.95. The zero-order valence-corrected chi connectivity index (χ0v) is 12.0. The molecule has 0 saturated carbocycles. The number of hydrogen-bond donors (Lipinski definition) is 1. The Morgan fingerprint density at radius 2 is 2.15 bits per heavy atom. The van der Waals surface area contributed by atoms with Crippen LogP contribution in [0, 0.1) is 6.92 Å². The highest BCUT2D eigenvalue weighted by atomic mass is 16.2. The highest BCUT2D eigenvalue weighted by molar-refractivity contribution is 5.96. The maximum absolute atomic E-state index is 12.4. The summed E-state index contributed by atoms with van der Waals surface area (Å²) in [5, 5.41) is 2.79. The summed E-state index contributed by atoms with van der Waals surface area (Å²) < 4.78 is 0. The number of hydrogen-bond acceptors (Lipinski definition) is 2. The van der Waals surface area contributed by atoms with Crippen LogP contribution in [-0.4, -0.2) is 36.3 Å². The Morgan fingerprint density at radius 3 is 2.75 bits per heavy atom. The fourth-order valence-corrected chi connectivity index (χ4v) is 2.29. The van der Waals surface area contributed by atoms with Crippen LogP contribution in [0.3, 0.4) is 0 Å². The number of nitrogens with one attached hydrogen (secondary N) is 1. The van der Waals surface area contributed by atoms with Crippen LogP contribution >= 0.6 is 0 Å². The molecule has 1 heterocycles. The van der Waals surface area contributed by atoms with Crippen molar-refractivity contribution < 1.29 is 9.59 Å². The van der Waals surface area contributed by atoms with Gasteiger partial charge >= 0.3 is 0 Å². The average molecular weight is 272 g/mol. The van der Waals surface area contributed by atoms with Crippen molar-refractivity contribution in [3.05, 3.63) is 47.0 Å². The second kappa shape index (κ2) is 6.37. The maximum atomic E-state index is 12.4. The van der Waals surface area contributed by atoms with Gasteiger partial charge in [-0.15, -0.1) is 0 Å². The molecule has 0 unspecified atom stereocenters. The quantitative estimate of drug-likeness (QED) is 0.913. The molecule has 0 bridgehead atoms. The summed E-state index contributed by atoms with van der Waals surface area (Å²) in [6.07, 6.45) is 2.46. The van der Waals surface area contributed by atoms with E-state index >= 15 is 0 Å². The minimum atomic E-state index is -0.0184. The van der Waals surface area contributed by atoms with Crippen molar-refractivity contribution in [3.63, 3.8) is 0 Å². The molecule has 0 atom stereocenters.